The van der Waals surface area contributed by atoms with Gasteiger partial charge in [-0.1, -0.05) is 35.3 Å². The fourth-order valence-electron chi connectivity index (χ4n) is 3.05. The molecule has 0 saturated carbocycles. The predicted molar refractivity (Wildman–Crippen MR) is 130 cm³/mol. The maximum atomic E-state index is 12.1. The monoisotopic (exact) mass is 486 g/mol. The molecule has 0 atom stereocenters. The van der Waals surface area contributed by atoms with E-state index in [0.29, 0.717) is 45.8 Å². The Morgan fingerprint density at radius 3 is 2.36 bits per heavy atom. The van der Waals surface area contributed by atoms with Gasteiger partial charge in [0.15, 0.2) is 0 Å². The second kappa shape index (κ2) is 11.5. The first kappa shape index (κ1) is 24.4. The molecule has 1 heterocycles. The molecule has 2 amide bonds. The van der Waals surface area contributed by atoms with Gasteiger partial charge >= 0.3 is 0 Å². The van der Waals surface area contributed by atoms with Crippen molar-refractivity contribution >= 4 is 41.1 Å². The number of ether oxygens (including phenoxy) is 1. The van der Waals surface area contributed by atoms with Crippen LogP contribution in [0.2, 0.25) is 10.2 Å². The Labute approximate surface area is 202 Å². The molecule has 0 aliphatic heterocycles. The molecule has 0 unspecified atom stereocenters. The minimum atomic E-state index is -0.297. The van der Waals surface area contributed by atoms with Crippen LogP contribution in [0.5, 0.6) is 5.75 Å². The van der Waals surface area contributed by atoms with Gasteiger partial charge in [0.25, 0.3) is 5.91 Å². The second-order valence-electron chi connectivity index (χ2n) is 7.18. The number of hydrogen-bond donors (Lipinski definition) is 2. The number of aryl methyl sites for hydroxylation is 1. The van der Waals surface area contributed by atoms with Gasteiger partial charge in [-0.05, 0) is 55.0 Å². The van der Waals surface area contributed by atoms with Crippen LogP contribution in [0.25, 0.3) is 6.08 Å². The molecule has 0 spiro atoms. The number of aromatic nitrogens is 2. The number of benzene rings is 2. The van der Waals surface area contributed by atoms with Crippen LogP contribution in [0, 0.1) is 6.92 Å². The summed E-state index contributed by atoms with van der Waals surface area (Å²) < 4.78 is 6.74. The smallest absolute Gasteiger partial charge is 0.251 e. The first-order valence-electron chi connectivity index (χ1n) is 10.2. The van der Waals surface area contributed by atoms with E-state index in [9.17, 15) is 9.59 Å². The van der Waals surface area contributed by atoms with Crippen molar-refractivity contribution in [2.45, 2.75) is 13.5 Å². The molecule has 0 aliphatic carbocycles. The van der Waals surface area contributed by atoms with Gasteiger partial charge in [0.1, 0.15) is 10.9 Å². The molecule has 9 heteroatoms. The van der Waals surface area contributed by atoms with Gasteiger partial charge < -0.3 is 15.4 Å². The Morgan fingerprint density at radius 2 is 1.70 bits per heavy atom. The van der Waals surface area contributed by atoms with E-state index in [0.717, 1.165) is 5.56 Å². The van der Waals surface area contributed by atoms with Crippen LogP contribution < -0.4 is 15.4 Å². The number of carbonyl (C=O) groups excluding carboxylic acids is 2. The zero-order valence-corrected chi connectivity index (χ0v) is 19.8. The van der Waals surface area contributed by atoms with Crippen LogP contribution in [0.3, 0.4) is 0 Å². The molecule has 0 saturated heterocycles. The van der Waals surface area contributed by atoms with E-state index in [1.807, 2.05) is 31.2 Å². The average Bonchev–Trinajstić information content (AvgIpc) is 3.08. The third kappa shape index (κ3) is 6.84. The Balaban J connectivity index is 1.48. The molecule has 7 nitrogen and oxygen atoms in total. The summed E-state index contributed by atoms with van der Waals surface area (Å²) in [5.41, 5.74) is 2.91. The van der Waals surface area contributed by atoms with Crippen molar-refractivity contribution in [3.63, 3.8) is 0 Å². The summed E-state index contributed by atoms with van der Waals surface area (Å²) in [6, 6.07) is 14.2. The highest BCUT2D eigenvalue weighted by Crippen LogP contribution is 2.22. The first-order chi connectivity index (χ1) is 15.9. The second-order valence-corrected chi connectivity index (χ2v) is 7.98. The molecule has 33 heavy (non-hydrogen) atoms. The maximum absolute atomic E-state index is 12.1. The van der Waals surface area contributed by atoms with Crippen molar-refractivity contribution in [2.24, 2.45) is 0 Å². The van der Waals surface area contributed by atoms with E-state index in [-0.39, 0.29) is 18.4 Å². The lowest BCUT2D eigenvalue weighted by Gasteiger charge is -2.06. The third-order valence-corrected chi connectivity index (χ3v) is 5.47. The van der Waals surface area contributed by atoms with E-state index in [4.69, 9.17) is 27.9 Å². The highest BCUT2D eigenvalue weighted by molar-refractivity contribution is 6.31. The standard InChI is InChI=1S/C24H24Cl2N4O3/c1-16-21(23(26)30(29-16)15-17-3-7-19(25)8-4-17)11-12-22(31)27-13-14-28-24(32)18-5-9-20(33-2)10-6-18/h3-12H,13-15H2,1-2H3,(H,27,31)(H,28,32). The van der Waals surface area contributed by atoms with Gasteiger partial charge in [-0.15, -0.1) is 0 Å². The number of nitrogens with zero attached hydrogens (tertiary/aromatic N) is 2. The Kier molecular flexibility index (Phi) is 8.52. The Morgan fingerprint density at radius 1 is 1.03 bits per heavy atom. The number of halogens is 2. The minimum Gasteiger partial charge on any atom is -0.497 e. The number of carbonyl (C=O) groups is 2. The van der Waals surface area contributed by atoms with Gasteiger partial charge in [-0.3, -0.25) is 9.59 Å². The molecule has 2 N–H and O–H groups in total. The largest absolute Gasteiger partial charge is 0.497 e. The number of nitrogens with one attached hydrogen (secondary N) is 2. The molecular weight excluding hydrogens is 463 g/mol. The fraction of sp³-hybridized carbons (Fsp3) is 0.208. The van der Waals surface area contributed by atoms with Gasteiger partial charge in [0.2, 0.25) is 5.91 Å². The van der Waals surface area contributed by atoms with E-state index in [1.165, 1.54) is 6.08 Å². The molecule has 0 bridgehead atoms. The molecular formula is C24H24Cl2N4O3. The first-order valence-corrected chi connectivity index (χ1v) is 11.0. The molecule has 3 aromatic rings. The quantitative estimate of drug-likeness (QED) is 0.352. The molecule has 0 radical (unpaired) electrons. The normalized spacial score (nSPS) is 10.9. The highest BCUT2D eigenvalue weighted by atomic mass is 35.5. The summed E-state index contributed by atoms with van der Waals surface area (Å²) in [6.45, 7) is 2.90. The fourth-order valence-corrected chi connectivity index (χ4v) is 3.47. The van der Waals surface area contributed by atoms with E-state index < -0.39 is 0 Å². The van der Waals surface area contributed by atoms with Crippen LogP contribution >= 0.6 is 23.2 Å². The van der Waals surface area contributed by atoms with Crippen molar-refractivity contribution in [3.8, 4) is 5.75 Å². The summed E-state index contributed by atoms with van der Waals surface area (Å²) in [7, 11) is 1.56. The summed E-state index contributed by atoms with van der Waals surface area (Å²) in [4.78, 5) is 24.3. The van der Waals surface area contributed by atoms with Crippen molar-refractivity contribution in [1.82, 2.24) is 20.4 Å². The lowest BCUT2D eigenvalue weighted by Crippen LogP contribution is -2.33. The van der Waals surface area contributed by atoms with Crippen LogP contribution in [-0.2, 0) is 11.3 Å². The van der Waals surface area contributed by atoms with Crippen LogP contribution in [-0.4, -0.2) is 41.8 Å². The number of amides is 2. The van der Waals surface area contributed by atoms with Gasteiger partial charge in [-0.2, -0.15) is 5.10 Å². The molecule has 0 fully saturated rings. The molecule has 0 aliphatic rings. The van der Waals surface area contributed by atoms with Crippen LogP contribution in [0.15, 0.2) is 54.6 Å². The number of rotatable bonds is 9. The topological polar surface area (TPSA) is 85.2 Å². The van der Waals surface area contributed by atoms with Crippen molar-refractivity contribution in [2.75, 3.05) is 20.2 Å². The number of hydrogen-bond acceptors (Lipinski definition) is 4. The minimum absolute atomic E-state index is 0.224. The van der Waals surface area contributed by atoms with Crippen molar-refractivity contribution < 1.29 is 14.3 Å². The SMILES string of the molecule is COc1ccc(C(=O)NCCNC(=O)C=Cc2c(C)nn(Cc3ccc(Cl)cc3)c2Cl)cc1. The summed E-state index contributed by atoms with van der Waals surface area (Å²) in [6.07, 6.45) is 3.03. The lowest BCUT2D eigenvalue weighted by atomic mass is 10.2. The van der Waals surface area contributed by atoms with Gasteiger partial charge in [0.05, 0.1) is 19.3 Å². The maximum Gasteiger partial charge on any atom is 0.251 e. The highest BCUT2D eigenvalue weighted by Gasteiger charge is 2.12. The van der Waals surface area contributed by atoms with E-state index in [2.05, 4.69) is 15.7 Å². The molecule has 3 rings (SSSR count). The summed E-state index contributed by atoms with van der Waals surface area (Å²) in [5, 5.41) is 11.0. The Bertz CT molecular complexity index is 1140. The van der Waals surface area contributed by atoms with Crippen molar-refractivity contribution in [3.05, 3.63) is 87.2 Å². The van der Waals surface area contributed by atoms with E-state index in [1.54, 1.807) is 42.1 Å². The molecule has 172 valence electrons. The van der Waals surface area contributed by atoms with Gasteiger partial charge in [0, 0.05) is 35.3 Å². The number of methoxy groups -OCH3 is 1. The predicted octanol–water partition coefficient (Wildman–Crippen LogP) is 4.11. The summed E-state index contributed by atoms with van der Waals surface area (Å²) in [5.74, 6) is 0.157. The third-order valence-electron chi connectivity index (χ3n) is 4.82. The van der Waals surface area contributed by atoms with Gasteiger partial charge in [-0.25, -0.2) is 4.68 Å². The zero-order valence-electron chi connectivity index (χ0n) is 18.3. The lowest BCUT2D eigenvalue weighted by molar-refractivity contribution is -0.116. The van der Waals surface area contributed by atoms with Crippen molar-refractivity contribution in [1.29, 1.82) is 0 Å². The molecule has 2 aromatic carbocycles. The average molecular weight is 487 g/mol. The molecule has 1 aromatic heterocycles. The Hall–Kier alpha value is -3.29. The van der Waals surface area contributed by atoms with Crippen LogP contribution in [0.1, 0.15) is 27.2 Å². The van der Waals surface area contributed by atoms with Crippen LogP contribution in [0.4, 0.5) is 0 Å². The summed E-state index contributed by atoms with van der Waals surface area (Å²) >= 11 is 12.4. The van der Waals surface area contributed by atoms with E-state index >= 15 is 0 Å². The zero-order chi connectivity index (χ0) is 23.8.